The molecular weight excluding hydrogens is 270 g/mol. The summed E-state index contributed by atoms with van der Waals surface area (Å²) in [4.78, 5) is 28.3. The quantitative estimate of drug-likeness (QED) is 0.682. The van der Waals surface area contributed by atoms with Crippen LogP contribution in [0.25, 0.3) is 0 Å². The highest BCUT2D eigenvalue weighted by Crippen LogP contribution is 2.27. The van der Waals surface area contributed by atoms with Crippen molar-refractivity contribution in [2.45, 2.75) is 39.3 Å². The number of rotatable bonds is 5. The van der Waals surface area contributed by atoms with Gasteiger partial charge in [0.15, 0.2) is 0 Å². The molecule has 21 heavy (non-hydrogen) atoms. The van der Waals surface area contributed by atoms with Gasteiger partial charge in [0.25, 0.3) is 0 Å². The predicted octanol–water partition coefficient (Wildman–Crippen LogP) is -0.328. The van der Waals surface area contributed by atoms with Gasteiger partial charge in [0.1, 0.15) is 0 Å². The summed E-state index contributed by atoms with van der Waals surface area (Å²) in [5.74, 6) is -0.797. The van der Waals surface area contributed by atoms with Crippen LogP contribution in [0.3, 0.4) is 0 Å². The fourth-order valence-corrected chi connectivity index (χ4v) is 3.32. The molecule has 2 fully saturated rings. The van der Waals surface area contributed by atoms with Gasteiger partial charge in [-0.05, 0) is 19.9 Å². The summed E-state index contributed by atoms with van der Waals surface area (Å²) >= 11 is 0. The van der Waals surface area contributed by atoms with Gasteiger partial charge in [0.05, 0.1) is 24.0 Å². The van der Waals surface area contributed by atoms with Crippen LogP contribution >= 0.6 is 0 Å². The number of carbonyl (C=O) groups is 2. The number of aliphatic hydroxyl groups excluding tert-OH is 1. The molecule has 0 aromatic rings. The second-order valence-corrected chi connectivity index (χ2v) is 6.26. The minimum atomic E-state index is -0.708. The van der Waals surface area contributed by atoms with Gasteiger partial charge in [0, 0.05) is 26.2 Å². The van der Waals surface area contributed by atoms with E-state index in [1.165, 1.54) is 0 Å². The first kappa shape index (κ1) is 16.2. The molecule has 6 nitrogen and oxygen atoms in total. The lowest BCUT2D eigenvalue weighted by atomic mass is 9.78. The molecule has 2 saturated heterocycles. The minimum Gasteiger partial charge on any atom is -0.393 e. The van der Waals surface area contributed by atoms with Gasteiger partial charge in [0.2, 0.25) is 11.8 Å². The fourth-order valence-electron chi connectivity index (χ4n) is 3.32. The fraction of sp³-hybridized carbons (Fsp3) is 0.867. The molecule has 0 radical (unpaired) electrons. The zero-order valence-electron chi connectivity index (χ0n) is 13.2. The summed E-state index contributed by atoms with van der Waals surface area (Å²) < 4.78 is 0. The largest absolute Gasteiger partial charge is 0.393 e. The van der Waals surface area contributed by atoms with Crippen LogP contribution in [0.4, 0.5) is 0 Å². The van der Waals surface area contributed by atoms with Crippen molar-refractivity contribution in [3.8, 4) is 0 Å². The first-order valence-electron chi connectivity index (χ1n) is 7.95. The molecule has 2 heterocycles. The van der Waals surface area contributed by atoms with Gasteiger partial charge in [-0.2, -0.15) is 0 Å². The van der Waals surface area contributed by atoms with E-state index >= 15 is 0 Å². The molecular formula is C15H27N3O3. The molecule has 2 N–H and O–H groups in total. The third kappa shape index (κ3) is 3.37. The lowest BCUT2D eigenvalue weighted by molar-refractivity contribution is -0.149. The summed E-state index contributed by atoms with van der Waals surface area (Å²) in [6.45, 7) is 10.0. The predicted molar refractivity (Wildman–Crippen MR) is 79.6 cm³/mol. The van der Waals surface area contributed by atoms with E-state index in [0.717, 1.165) is 39.1 Å². The van der Waals surface area contributed by atoms with E-state index in [4.69, 9.17) is 0 Å². The molecule has 6 heteroatoms. The van der Waals surface area contributed by atoms with Gasteiger partial charge in [-0.15, -0.1) is 0 Å². The Morgan fingerprint density at radius 2 is 1.95 bits per heavy atom. The number of nitrogens with zero attached hydrogens (tertiary/aromatic N) is 2. The van der Waals surface area contributed by atoms with Crippen molar-refractivity contribution >= 4 is 11.8 Å². The SMILES string of the molecule is CCCN1CCN(C(=O)C(C)[C@H]2NC(=O)[C@@H]2[C@@H](C)O)CC1. The van der Waals surface area contributed by atoms with Crippen LogP contribution in [0.1, 0.15) is 27.2 Å². The second kappa shape index (κ2) is 6.75. The van der Waals surface area contributed by atoms with Crippen LogP contribution in [0.15, 0.2) is 0 Å². The Morgan fingerprint density at radius 1 is 1.33 bits per heavy atom. The molecule has 0 spiro atoms. The topological polar surface area (TPSA) is 72.9 Å². The van der Waals surface area contributed by atoms with Crippen molar-refractivity contribution in [3.63, 3.8) is 0 Å². The Hall–Kier alpha value is -1.14. The van der Waals surface area contributed by atoms with Crippen molar-refractivity contribution < 1.29 is 14.7 Å². The van der Waals surface area contributed by atoms with E-state index in [-0.39, 0.29) is 23.8 Å². The molecule has 1 unspecified atom stereocenters. The zero-order valence-corrected chi connectivity index (χ0v) is 13.2. The molecule has 2 aliphatic rings. The van der Waals surface area contributed by atoms with Crippen molar-refractivity contribution in [1.29, 1.82) is 0 Å². The Bertz CT molecular complexity index is 392. The van der Waals surface area contributed by atoms with Gasteiger partial charge in [-0.25, -0.2) is 0 Å². The molecule has 4 atom stereocenters. The van der Waals surface area contributed by atoms with Crippen LogP contribution < -0.4 is 5.32 Å². The third-order valence-corrected chi connectivity index (χ3v) is 4.67. The molecule has 0 aromatic heterocycles. The van der Waals surface area contributed by atoms with Crippen molar-refractivity contribution in [2.24, 2.45) is 11.8 Å². The van der Waals surface area contributed by atoms with Crippen LogP contribution in [0.2, 0.25) is 0 Å². The summed E-state index contributed by atoms with van der Waals surface area (Å²) in [7, 11) is 0. The first-order chi connectivity index (χ1) is 9.95. The van der Waals surface area contributed by atoms with Crippen molar-refractivity contribution in [1.82, 2.24) is 15.1 Å². The molecule has 120 valence electrons. The highest BCUT2D eigenvalue weighted by molar-refractivity contribution is 5.90. The Labute approximate surface area is 126 Å². The Kier molecular flexibility index (Phi) is 5.22. The first-order valence-corrected chi connectivity index (χ1v) is 7.95. The van der Waals surface area contributed by atoms with Crippen LogP contribution in [-0.2, 0) is 9.59 Å². The number of carbonyl (C=O) groups excluding carboxylic acids is 2. The number of β-lactam (4-membered cyclic amide) rings is 1. The highest BCUT2D eigenvalue weighted by atomic mass is 16.3. The van der Waals surface area contributed by atoms with Crippen LogP contribution in [-0.4, -0.2) is 71.6 Å². The number of nitrogens with one attached hydrogen (secondary N) is 1. The zero-order chi connectivity index (χ0) is 15.6. The van der Waals surface area contributed by atoms with Gasteiger partial charge in [-0.3, -0.25) is 14.5 Å². The summed E-state index contributed by atoms with van der Waals surface area (Å²) in [6, 6.07) is -0.237. The number of amides is 2. The molecule has 2 amide bonds. The van der Waals surface area contributed by atoms with E-state index in [1.54, 1.807) is 6.92 Å². The van der Waals surface area contributed by atoms with Gasteiger partial charge < -0.3 is 15.3 Å². The Morgan fingerprint density at radius 3 is 2.43 bits per heavy atom. The van der Waals surface area contributed by atoms with Gasteiger partial charge >= 0.3 is 0 Å². The molecule has 0 aromatic carbocycles. The second-order valence-electron chi connectivity index (χ2n) is 6.26. The lowest BCUT2D eigenvalue weighted by Gasteiger charge is -2.43. The lowest BCUT2D eigenvalue weighted by Crippen LogP contribution is -2.66. The smallest absolute Gasteiger partial charge is 0.228 e. The van der Waals surface area contributed by atoms with Crippen molar-refractivity contribution in [3.05, 3.63) is 0 Å². The Balaban J connectivity index is 1.87. The molecule has 2 rings (SSSR count). The number of hydrogen-bond acceptors (Lipinski definition) is 4. The standard InChI is InChI=1S/C15H27N3O3/c1-4-5-17-6-8-18(9-7-17)15(21)10(2)13-12(11(3)19)14(20)16-13/h10-13,19H,4-9H2,1-3H3,(H,16,20)/t10?,11-,12-,13-/m1/s1. The van der Waals surface area contributed by atoms with Gasteiger partial charge in [-0.1, -0.05) is 13.8 Å². The maximum atomic E-state index is 12.5. The number of aliphatic hydroxyl groups is 1. The van der Waals surface area contributed by atoms with Crippen LogP contribution in [0.5, 0.6) is 0 Å². The number of piperazine rings is 1. The molecule has 0 saturated carbocycles. The maximum absolute atomic E-state index is 12.5. The molecule has 0 aliphatic carbocycles. The molecule has 0 bridgehead atoms. The highest BCUT2D eigenvalue weighted by Gasteiger charge is 2.47. The van der Waals surface area contributed by atoms with E-state index in [1.807, 2.05) is 11.8 Å². The van der Waals surface area contributed by atoms with Crippen molar-refractivity contribution in [2.75, 3.05) is 32.7 Å². The van der Waals surface area contributed by atoms with E-state index < -0.39 is 12.0 Å². The summed E-state index contributed by atoms with van der Waals surface area (Å²) in [5, 5.41) is 12.4. The number of hydrogen-bond donors (Lipinski definition) is 2. The normalized spacial score (nSPS) is 29.5. The van der Waals surface area contributed by atoms with E-state index in [2.05, 4.69) is 17.1 Å². The monoisotopic (exact) mass is 297 g/mol. The maximum Gasteiger partial charge on any atom is 0.228 e. The summed E-state index contributed by atoms with van der Waals surface area (Å²) in [6.07, 6.45) is 0.425. The third-order valence-electron chi connectivity index (χ3n) is 4.67. The summed E-state index contributed by atoms with van der Waals surface area (Å²) in [5.41, 5.74) is 0. The van der Waals surface area contributed by atoms with Crippen LogP contribution in [0, 0.1) is 11.8 Å². The average Bonchev–Trinajstić information content (AvgIpc) is 2.43. The average molecular weight is 297 g/mol. The van der Waals surface area contributed by atoms with E-state index in [9.17, 15) is 14.7 Å². The molecule has 2 aliphatic heterocycles. The minimum absolute atomic E-state index is 0.0850. The van der Waals surface area contributed by atoms with E-state index in [0.29, 0.717) is 0 Å².